The lowest BCUT2D eigenvalue weighted by atomic mass is 10.1. The van der Waals surface area contributed by atoms with Gasteiger partial charge in [0.1, 0.15) is 17.2 Å². The first-order valence-electron chi connectivity index (χ1n) is 12.8. The Kier molecular flexibility index (Phi) is 5.83. The average molecular weight is 516 g/mol. The highest BCUT2D eigenvalue weighted by Crippen LogP contribution is 2.55. The van der Waals surface area contributed by atoms with Crippen LogP contribution >= 0.6 is 0 Å². The van der Waals surface area contributed by atoms with Crippen molar-refractivity contribution in [2.24, 2.45) is 7.05 Å². The molecule has 196 valence electrons. The Balaban J connectivity index is 1.29. The van der Waals surface area contributed by atoms with Gasteiger partial charge in [0.05, 0.1) is 11.3 Å². The number of ether oxygens (including phenoxy) is 1. The minimum absolute atomic E-state index is 0.0615. The molecule has 1 saturated carbocycles. The van der Waals surface area contributed by atoms with Gasteiger partial charge in [0.25, 0.3) is 0 Å². The summed E-state index contributed by atoms with van der Waals surface area (Å²) < 4.78 is 23.9. The number of halogens is 1. The fourth-order valence-corrected chi connectivity index (χ4v) is 5.70. The van der Waals surface area contributed by atoms with Crippen molar-refractivity contribution in [3.05, 3.63) is 94.8 Å². The zero-order chi connectivity index (χ0) is 26.6. The van der Waals surface area contributed by atoms with E-state index >= 15 is 0 Å². The molecule has 0 spiro atoms. The molecule has 1 aliphatic carbocycles. The van der Waals surface area contributed by atoms with E-state index in [-0.39, 0.29) is 17.7 Å². The summed E-state index contributed by atoms with van der Waals surface area (Å²) in [5.41, 5.74) is 4.37. The van der Waals surface area contributed by atoms with Crippen molar-refractivity contribution >= 4 is 5.97 Å². The summed E-state index contributed by atoms with van der Waals surface area (Å²) in [6.45, 7) is 5.97. The van der Waals surface area contributed by atoms with E-state index in [4.69, 9.17) is 4.74 Å². The predicted molar refractivity (Wildman–Crippen MR) is 139 cm³/mol. The van der Waals surface area contributed by atoms with Crippen LogP contribution in [0, 0.1) is 5.82 Å². The van der Waals surface area contributed by atoms with Crippen LogP contribution in [0.3, 0.4) is 0 Å². The molecule has 0 amide bonds. The number of aromatic nitrogens is 4. The second-order valence-corrected chi connectivity index (χ2v) is 11.0. The number of hydrogen-bond acceptors (Lipinski definition) is 5. The Hall–Kier alpha value is -3.98. The third-order valence-corrected chi connectivity index (χ3v) is 7.30. The second kappa shape index (κ2) is 9.09. The summed E-state index contributed by atoms with van der Waals surface area (Å²) in [7, 11) is 1.83. The van der Waals surface area contributed by atoms with Gasteiger partial charge in [-0.25, -0.2) is 9.18 Å². The molecule has 4 aromatic rings. The Bertz CT molecular complexity index is 1520. The molecule has 0 unspecified atom stereocenters. The number of benzene rings is 2. The number of carboxylic acid groups (broad SMARTS) is 1. The minimum Gasteiger partial charge on any atom is -0.486 e. The number of rotatable bonds is 6. The van der Waals surface area contributed by atoms with E-state index in [1.54, 1.807) is 22.9 Å². The van der Waals surface area contributed by atoms with E-state index in [0.29, 0.717) is 30.9 Å². The van der Waals surface area contributed by atoms with Crippen LogP contribution in [0.5, 0.6) is 5.75 Å². The third kappa shape index (κ3) is 4.69. The van der Waals surface area contributed by atoms with Crippen LogP contribution in [0.25, 0.3) is 5.69 Å². The third-order valence-electron chi connectivity index (χ3n) is 7.30. The van der Waals surface area contributed by atoms with Crippen molar-refractivity contribution in [2.45, 2.75) is 50.8 Å². The minimum atomic E-state index is -0.933. The first-order chi connectivity index (χ1) is 18.2. The molecule has 9 heteroatoms. The molecule has 1 fully saturated rings. The molecule has 1 aliphatic heterocycles. The molecule has 1 N–H and O–H groups in total. The lowest BCUT2D eigenvalue weighted by Gasteiger charge is -2.29. The van der Waals surface area contributed by atoms with Crippen molar-refractivity contribution in [3.63, 3.8) is 0 Å². The molecule has 3 heterocycles. The average Bonchev–Trinajstić information content (AvgIpc) is 3.34. The monoisotopic (exact) mass is 515 g/mol. The SMILES string of the molecule is Cn1cc([C@@H]2C[C@H]2c2c(C(=O)O)ccn2-c2cccc(CN3Cc4cc(F)ccc4OC(C)(C)C3)c2)nn1. The van der Waals surface area contributed by atoms with Gasteiger partial charge in [-0.3, -0.25) is 9.58 Å². The fourth-order valence-electron chi connectivity index (χ4n) is 5.70. The summed E-state index contributed by atoms with van der Waals surface area (Å²) in [6, 6.07) is 14.5. The maximum Gasteiger partial charge on any atom is 0.337 e. The Labute approximate surface area is 220 Å². The zero-order valence-electron chi connectivity index (χ0n) is 21.6. The largest absolute Gasteiger partial charge is 0.486 e. The summed E-state index contributed by atoms with van der Waals surface area (Å²) in [4.78, 5) is 14.4. The highest BCUT2D eigenvalue weighted by molar-refractivity contribution is 5.90. The molecule has 2 atom stereocenters. The maximum absolute atomic E-state index is 14.0. The Morgan fingerprint density at radius 3 is 2.79 bits per heavy atom. The number of fused-ring (bicyclic) bond motifs is 1. The van der Waals surface area contributed by atoms with Gasteiger partial charge in [-0.05, 0) is 62.2 Å². The van der Waals surface area contributed by atoms with Crippen LogP contribution in [-0.2, 0) is 20.1 Å². The summed E-state index contributed by atoms with van der Waals surface area (Å²) >= 11 is 0. The molecule has 38 heavy (non-hydrogen) atoms. The van der Waals surface area contributed by atoms with Crippen molar-refractivity contribution in [2.75, 3.05) is 6.54 Å². The predicted octanol–water partition coefficient (Wildman–Crippen LogP) is 4.89. The van der Waals surface area contributed by atoms with Gasteiger partial charge in [0.15, 0.2) is 0 Å². The van der Waals surface area contributed by atoms with Crippen LogP contribution in [-0.4, -0.2) is 47.7 Å². The number of aryl methyl sites for hydroxylation is 1. The second-order valence-electron chi connectivity index (χ2n) is 11.0. The van der Waals surface area contributed by atoms with Gasteiger partial charge in [-0.1, -0.05) is 17.3 Å². The number of carboxylic acids is 1. The number of aromatic carboxylic acids is 1. The standard InChI is InChI=1S/C29H30FN5O3/c1-29(2)17-34(15-19-12-20(30)7-8-26(19)38-29)14-18-5-4-6-21(11-18)35-10-9-22(28(36)37)27(35)24-13-23(24)25-16-33(3)32-31-25/h4-12,16,23-24H,13-15,17H2,1-3H3,(H,36,37)/t23-,24-/m1/s1. The van der Waals surface area contributed by atoms with Gasteiger partial charge in [-0.15, -0.1) is 5.10 Å². The fraction of sp³-hybridized carbons (Fsp3) is 0.345. The van der Waals surface area contributed by atoms with Gasteiger partial charge in [0.2, 0.25) is 0 Å². The molecule has 2 aliphatic rings. The molecule has 0 radical (unpaired) electrons. The van der Waals surface area contributed by atoms with E-state index < -0.39 is 11.6 Å². The molecular weight excluding hydrogens is 485 g/mol. The normalized spacial score (nSPS) is 20.4. The number of hydrogen-bond donors (Lipinski definition) is 1. The van der Waals surface area contributed by atoms with Crippen LogP contribution < -0.4 is 4.74 Å². The maximum atomic E-state index is 14.0. The molecule has 0 bridgehead atoms. The summed E-state index contributed by atoms with van der Waals surface area (Å²) in [5.74, 6) is -0.279. The van der Waals surface area contributed by atoms with E-state index in [9.17, 15) is 14.3 Å². The molecule has 6 rings (SSSR count). The molecule has 2 aromatic carbocycles. The lowest BCUT2D eigenvalue weighted by molar-refractivity contribution is 0.0680. The van der Waals surface area contributed by atoms with E-state index in [1.165, 1.54) is 6.07 Å². The van der Waals surface area contributed by atoms with Gasteiger partial charge >= 0.3 is 5.97 Å². The molecule has 8 nitrogen and oxygen atoms in total. The van der Waals surface area contributed by atoms with Crippen LogP contribution in [0.2, 0.25) is 0 Å². The van der Waals surface area contributed by atoms with Crippen LogP contribution in [0.1, 0.15) is 65.0 Å². The molecular formula is C29H30FN5O3. The van der Waals surface area contributed by atoms with Gasteiger partial charge in [0, 0.05) is 67.9 Å². The van der Waals surface area contributed by atoms with Crippen molar-refractivity contribution in [1.29, 1.82) is 0 Å². The molecule has 2 aromatic heterocycles. The van der Waals surface area contributed by atoms with E-state index in [0.717, 1.165) is 34.6 Å². The van der Waals surface area contributed by atoms with Crippen LogP contribution in [0.15, 0.2) is 60.9 Å². The van der Waals surface area contributed by atoms with E-state index in [2.05, 4.69) is 27.3 Å². The van der Waals surface area contributed by atoms with Crippen molar-refractivity contribution in [1.82, 2.24) is 24.5 Å². The first-order valence-corrected chi connectivity index (χ1v) is 12.8. The highest BCUT2D eigenvalue weighted by Gasteiger charge is 2.45. The quantitative estimate of drug-likeness (QED) is 0.394. The number of nitrogens with zero attached hydrogens (tertiary/aromatic N) is 5. The van der Waals surface area contributed by atoms with Gasteiger partial charge < -0.3 is 14.4 Å². The highest BCUT2D eigenvalue weighted by atomic mass is 19.1. The molecule has 0 saturated heterocycles. The summed E-state index contributed by atoms with van der Waals surface area (Å²) in [6.07, 6.45) is 4.57. The van der Waals surface area contributed by atoms with Crippen molar-refractivity contribution in [3.8, 4) is 11.4 Å². The van der Waals surface area contributed by atoms with Crippen LogP contribution in [0.4, 0.5) is 4.39 Å². The van der Waals surface area contributed by atoms with Crippen molar-refractivity contribution < 1.29 is 19.0 Å². The summed E-state index contributed by atoms with van der Waals surface area (Å²) in [5, 5.41) is 18.2. The number of carbonyl (C=O) groups is 1. The topological polar surface area (TPSA) is 85.4 Å². The van der Waals surface area contributed by atoms with E-state index in [1.807, 2.05) is 50.0 Å². The van der Waals surface area contributed by atoms with Gasteiger partial charge in [-0.2, -0.15) is 0 Å². The Morgan fingerprint density at radius 1 is 1.18 bits per heavy atom. The Morgan fingerprint density at radius 2 is 2.03 bits per heavy atom. The smallest absolute Gasteiger partial charge is 0.337 e. The first kappa shape index (κ1) is 24.4. The lowest BCUT2D eigenvalue weighted by Crippen LogP contribution is -2.40. The zero-order valence-corrected chi connectivity index (χ0v) is 21.6.